The molecule has 2 N–H and O–H groups in total. The summed E-state index contributed by atoms with van der Waals surface area (Å²) < 4.78 is 5.16. The summed E-state index contributed by atoms with van der Waals surface area (Å²) in [4.78, 5) is 15.2. The molecule has 0 aliphatic rings. The molecular formula is C12H17NO4. The number of pyridine rings is 1. The largest absolute Gasteiger partial charge is 0.478 e. The number of aliphatic hydroxyl groups excluding tert-OH is 1. The fourth-order valence-electron chi connectivity index (χ4n) is 1.24. The van der Waals surface area contributed by atoms with E-state index >= 15 is 0 Å². The molecule has 0 atom stereocenters. The Kier molecular flexibility index (Phi) is 4.07. The second-order valence-corrected chi connectivity index (χ2v) is 4.71. The second kappa shape index (κ2) is 5.14. The molecule has 1 heterocycles. The van der Waals surface area contributed by atoms with Gasteiger partial charge in [-0.05, 0) is 6.07 Å². The van der Waals surface area contributed by atoms with Crippen LogP contribution >= 0.6 is 0 Å². The quantitative estimate of drug-likeness (QED) is 0.831. The highest BCUT2D eigenvalue weighted by atomic mass is 16.5. The molecular weight excluding hydrogens is 222 g/mol. The molecule has 1 aromatic heterocycles. The van der Waals surface area contributed by atoms with E-state index in [1.54, 1.807) is 0 Å². The van der Waals surface area contributed by atoms with Gasteiger partial charge in [-0.2, -0.15) is 0 Å². The van der Waals surface area contributed by atoms with E-state index in [0.717, 1.165) is 0 Å². The molecule has 1 aromatic rings. The van der Waals surface area contributed by atoms with E-state index in [0.29, 0.717) is 5.69 Å². The third-order valence-electron chi connectivity index (χ3n) is 2.16. The summed E-state index contributed by atoms with van der Waals surface area (Å²) in [5.74, 6) is -0.796. The van der Waals surface area contributed by atoms with Gasteiger partial charge in [0, 0.05) is 11.5 Å². The lowest BCUT2D eigenvalue weighted by atomic mass is 9.91. The van der Waals surface area contributed by atoms with Gasteiger partial charge in [0.1, 0.15) is 6.61 Å². The normalized spacial score (nSPS) is 11.3. The fraction of sp³-hybridized carbons (Fsp3) is 0.500. The molecule has 1 rings (SSSR count). The number of carbonyl (C=O) groups is 1. The minimum Gasteiger partial charge on any atom is -0.478 e. The van der Waals surface area contributed by atoms with Crippen LogP contribution in [-0.2, 0) is 5.41 Å². The van der Waals surface area contributed by atoms with Crippen molar-refractivity contribution >= 4 is 5.97 Å². The van der Waals surface area contributed by atoms with Crippen molar-refractivity contribution < 1.29 is 19.7 Å². The van der Waals surface area contributed by atoms with Gasteiger partial charge < -0.3 is 14.9 Å². The van der Waals surface area contributed by atoms with Crippen LogP contribution in [0.3, 0.4) is 0 Å². The fourth-order valence-corrected chi connectivity index (χ4v) is 1.24. The summed E-state index contributed by atoms with van der Waals surface area (Å²) in [5.41, 5.74) is 0.520. The number of nitrogens with zero attached hydrogens (tertiary/aromatic N) is 1. The lowest BCUT2D eigenvalue weighted by molar-refractivity contribution is 0.0696. The Morgan fingerprint density at radius 3 is 2.53 bits per heavy atom. The average molecular weight is 239 g/mol. The van der Waals surface area contributed by atoms with Crippen molar-refractivity contribution in [3.8, 4) is 5.88 Å². The molecule has 0 saturated carbocycles. The monoisotopic (exact) mass is 239 g/mol. The molecule has 0 saturated heterocycles. The summed E-state index contributed by atoms with van der Waals surface area (Å²) in [7, 11) is 0. The molecule has 5 nitrogen and oxygen atoms in total. The van der Waals surface area contributed by atoms with Crippen molar-refractivity contribution in [3.63, 3.8) is 0 Å². The minimum atomic E-state index is -1.02. The molecule has 0 aliphatic heterocycles. The van der Waals surface area contributed by atoms with Crippen molar-refractivity contribution in [2.24, 2.45) is 0 Å². The minimum absolute atomic E-state index is 0.0969. The molecule has 0 fully saturated rings. The zero-order chi connectivity index (χ0) is 13.1. The van der Waals surface area contributed by atoms with Gasteiger partial charge in [0.25, 0.3) is 0 Å². The van der Waals surface area contributed by atoms with Crippen molar-refractivity contribution in [3.05, 3.63) is 23.4 Å². The second-order valence-electron chi connectivity index (χ2n) is 4.71. The first-order valence-corrected chi connectivity index (χ1v) is 5.34. The molecule has 0 aliphatic carbocycles. The number of carboxylic acid groups (broad SMARTS) is 1. The van der Waals surface area contributed by atoms with Gasteiger partial charge in [0.2, 0.25) is 5.88 Å². The van der Waals surface area contributed by atoms with Gasteiger partial charge in [-0.15, -0.1) is 0 Å². The summed E-state index contributed by atoms with van der Waals surface area (Å²) in [6, 6.07) is 2.89. The first-order valence-electron chi connectivity index (χ1n) is 5.34. The number of aromatic nitrogens is 1. The number of rotatable bonds is 4. The van der Waals surface area contributed by atoms with Crippen LogP contribution in [0.4, 0.5) is 0 Å². The van der Waals surface area contributed by atoms with Crippen LogP contribution in [0.15, 0.2) is 12.1 Å². The number of aromatic carboxylic acids is 1. The zero-order valence-corrected chi connectivity index (χ0v) is 10.2. The lowest BCUT2D eigenvalue weighted by Gasteiger charge is -2.19. The maximum Gasteiger partial charge on any atom is 0.335 e. The van der Waals surface area contributed by atoms with Crippen molar-refractivity contribution in [2.75, 3.05) is 13.2 Å². The Balaban J connectivity index is 3.14. The predicted molar refractivity (Wildman–Crippen MR) is 62.5 cm³/mol. The van der Waals surface area contributed by atoms with Gasteiger partial charge >= 0.3 is 5.97 Å². The van der Waals surface area contributed by atoms with Crippen LogP contribution < -0.4 is 4.74 Å². The molecule has 5 heteroatoms. The third kappa shape index (κ3) is 3.71. The van der Waals surface area contributed by atoms with E-state index in [1.807, 2.05) is 20.8 Å². The van der Waals surface area contributed by atoms with Crippen molar-refractivity contribution in [1.82, 2.24) is 4.98 Å². The average Bonchev–Trinajstić information content (AvgIpc) is 2.24. The highest BCUT2D eigenvalue weighted by molar-refractivity contribution is 5.88. The maximum atomic E-state index is 11.0. The summed E-state index contributed by atoms with van der Waals surface area (Å²) in [6.07, 6.45) is 0. The van der Waals surface area contributed by atoms with E-state index in [1.165, 1.54) is 12.1 Å². The molecule has 0 radical (unpaired) electrons. The topological polar surface area (TPSA) is 79.7 Å². The predicted octanol–water partition coefficient (Wildman–Crippen LogP) is 1.45. The van der Waals surface area contributed by atoms with Crippen LogP contribution in [0, 0.1) is 0 Å². The summed E-state index contributed by atoms with van der Waals surface area (Å²) in [5, 5.41) is 17.7. The van der Waals surface area contributed by atoms with Crippen LogP contribution in [0.1, 0.15) is 36.8 Å². The van der Waals surface area contributed by atoms with Crippen LogP contribution in [0.25, 0.3) is 0 Å². The first-order chi connectivity index (χ1) is 7.84. The molecule has 17 heavy (non-hydrogen) atoms. The Hall–Kier alpha value is -1.62. The standard InChI is InChI=1S/C12H17NO4/c1-12(2,3)9-6-8(11(15)16)7-10(13-9)17-5-4-14/h6-7,14H,4-5H2,1-3H3,(H,15,16). The molecule has 0 spiro atoms. The number of hydrogen-bond acceptors (Lipinski definition) is 4. The van der Waals surface area contributed by atoms with Gasteiger partial charge in [-0.1, -0.05) is 20.8 Å². The molecule has 0 unspecified atom stereocenters. The number of aliphatic hydroxyl groups is 1. The molecule has 0 bridgehead atoms. The summed E-state index contributed by atoms with van der Waals surface area (Å²) in [6.45, 7) is 5.79. The van der Waals surface area contributed by atoms with Gasteiger partial charge in [0.05, 0.1) is 17.9 Å². The van der Waals surface area contributed by atoms with Crippen LogP contribution in [-0.4, -0.2) is 34.4 Å². The van der Waals surface area contributed by atoms with E-state index in [9.17, 15) is 4.79 Å². The van der Waals surface area contributed by atoms with Gasteiger partial charge in [-0.3, -0.25) is 0 Å². The Morgan fingerprint density at radius 2 is 2.06 bits per heavy atom. The Morgan fingerprint density at radius 1 is 1.41 bits per heavy atom. The van der Waals surface area contributed by atoms with Crippen molar-refractivity contribution in [2.45, 2.75) is 26.2 Å². The molecule has 0 amide bonds. The first kappa shape index (κ1) is 13.4. The highest BCUT2D eigenvalue weighted by Gasteiger charge is 2.19. The SMILES string of the molecule is CC(C)(C)c1cc(C(=O)O)cc(OCCO)n1. The van der Waals surface area contributed by atoms with Gasteiger partial charge in [0.15, 0.2) is 0 Å². The van der Waals surface area contributed by atoms with Crippen molar-refractivity contribution in [1.29, 1.82) is 0 Å². The highest BCUT2D eigenvalue weighted by Crippen LogP contribution is 2.24. The molecule has 0 aromatic carbocycles. The maximum absolute atomic E-state index is 11.0. The Labute approximate surface area is 100 Å². The van der Waals surface area contributed by atoms with Gasteiger partial charge in [-0.25, -0.2) is 9.78 Å². The lowest BCUT2D eigenvalue weighted by Crippen LogP contribution is -2.16. The van der Waals surface area contributed by atoms with E-state index in [4.69, 9.17) is 14.9 Å². The molecule has 94 valence electrons. The summed E-state index contributed by atoms with van der Waals surface area (Å²) >= 11 is 0. The van der Waals surface area contributed by atoms with E-state index < -0.39 is 5.97 Å². The number of ether oxygens (including phenoxy) is 1. The van der Waals surface area contributed by atoms with E-state index in [2.05, 4.69) is 4.98 Å². The number of carboxylic acids is 1. The smallest absolute Gasteiger partial charge is 0.335 e. The van der Waals surface area contributed by atoms with Crippen LogP contribution in [0.2, 0.25) is 0 Å². The van der Waals surface area contributed by atoms with Crippen LogP contribution in [0.5, 0.6) is 5.88 Å². The third-order valence-corrected chi connectivity index (χ3v) is 2.16. The Bertz CT molecular complexity index is 409. The van der Waals surface area contributed by atoms with E-state index in [-0.39, 0.29) is 30.1 Å². The number of hydrogen-bond donors (Lipinski definition) is 2. The zero-order valence-electron chi connectivity index (χ0n) is 10.2.